The standard InChI is InChI=1S/C17H24O/c1-13(2)17(12-18)16-10-8-15(9-11-16)14-6-4-3-5-7-14/h8-14,17H,3-7H2,1-2H3. The molecule has 0 aliphatic heterocycles. The highest BCUT2D eigenvalue weighted by atomic mass is 16.1. The summed E-state index contributed by atoms with van der Waals surface area (Å²) in [6, 6.07) is 8.79. The normalized spacial score (nSPS) is 18.8. The smallest absolute Gasteiger partial charge is 0.127 e. The molecule has 0 heterocycles. The van der Waals surface area contributed by atoms with Crippen molar-refractivity contribution in [3.8, 4) is 0 Å². The maximum Gasteiger partial charge on any atom is 0.127 e. The largest absolute Gasteiger partial charge is 0.303 e. The van der Waals surface area contributed by atoms with E-state index in [1.54, 1.807) is 0 Å². The summed E-state index contributed by atoms with van der Waals surface area (Å²) in [6.07, 6.45) is 7.89. The third-order valence-electron chi connectivity index (χ3n) is 4.26. The molecule has 98 valence electrons. The molecule has 18 heavy (non-hydrogen) atoms. The molecule has 0 radical (unpaired) electrons. The topological polar surface area (TPSA) is 17.1 Å². The van der Waals surface area contributed by atoms with Gasteiger partial charge in [0.1, 0.15) is 6.29 Å². The highest BCUT2D eigenvalue weighted by molar-refractivity contribution is 5.62. The average Bonchev–Trinajstić information content (AvgIpc) is 2.41. The van der Waals surface area contributed by atoms with Crippen LogP contribution in [-0.2, 0) is 4.79 Å². The average molecular weight is 244 g/mol. The number of aldehydes is 1. The monoisotopic (exact) mass is 244 g/mol. The maximum absolute atomic E-state index is 11.1. The molecule has 1 aliphatic carbocycles. The summed E-state index contributed by atoms with van der Waals surface area (Å²) in [4.78, 5) is 11.1. The zero-order valence-electron chi connectivity index (χ0n) is 11.6. The van der Waals surface area contributed by atoms with Crippen molar-refractivity contribution in [3.63, 3.8) is 0 Å². The highest BCUT2D eigenvalue weighted by Gasteiger charge is 2.17. The summed E-state index contributed by atoms with van der Waals surface area (Å²) in [6.45, 7) is 4.21. The maximum atomic E-state index is 11.1. The first-order chi connectivity index (χ1) is 8.72. The Morgan fingerprint density at radius 2 is 1.67 bits per heavy atom. The summed E-state index contributed by atoms with van der Waals surface area (Å²) >= 11 is 0. The molecule has 1 aromatic rings. The molecule has 2 rings (SSSR count). The Hall–Kier alpha value is -1.11. The first-order valence-electron chi connectivity index (χ1n) is 7.27. The molecule has 0 amide bonds. The predicted octanol–water partition coefficient (Wildman–Crippen LogP) is 4.67. The van der Waals surface area contributed by atoms with Crippen LogP contribution in [0.15, 0.2) is 24.3 Å². The van der Waals surface area contributed by atoms with Gasteiger partial charge < -0.3 is 4.79 Å². The third kappa shape index (κ3) is 3.01. The second-order valence-electron chi connectivity index (χ2n) is 5.91. The van der Waals surface area contributed by atoms with E-state index in [1.165, 1.54) is 43.2 Å². The molecule has 1 nitrogen and oxygen atoms in total. The SMILES string of the molecule is CC(C)C(C=O)c1ccc(C2CCCCC2)cc1. The Morgan fingerprint density at radius 1 is 1.06 bits per heavy atom. The van der Waals surface area contributed by atoms with E-state index in [4.69, 9.17) is 0 Å². The van der Waals surface area contributed by atoms with Crippen LogP contribution in [-0.4, -0.2) is 6.29 Å². The van der Waals surface area contributed by atoms with Crippen molar-refractivity contribution in [2.45, 2.75) is 57.8 Å². The Morgan fingerprint density at radius 3 is 2.17 bits per heavy atom. The van der Waals surface area contributed by atoms with Crippen LogP contribution in [0.25, 0.3) is 0 Å². The lowest BCUT2D eigenvalue weighted by Gasteiger charge is -2.22. The van der Waals surface area contributed by atoms with Crippen molar-refractivity contribution in [2.24, 2.45) is 5.92 Å². The zero-order valence-corrected chi connectivity index (χ0v) is 11.6. The fraction of sp³-hybridized carbons (Fsp3) is 0.588. The number of hydrogen-bond acceptors (Lipinski definition) is 1. The van der Waals surface area contributed by atoms with Gasteiger partial charge in [-0.3, -0.25) is 0 Å². The summed E-state index contributed by atoms with van der Waals surface area (Å²) in [5.74, 6) is 1.18. The van der Waals surface area contributed by atoms with E-state index in [0.29, 0.717) is 5.92 Å². The molecule has 1 unspecified atom stereocenters. The first kappa shape index (κ1) is 13.3. The number of carbonyl (C=O) groups excluding carboxylic acids is 1. The predicted molar refractivity (Wildman–Crippen MR) is 75.9 cm³/mol. The van der Waals surface area contributed by atoms with E-state index in [-0.39, 0.29) is 5.92 Å². The van der Waals surface area contributed by atoms with Gasteiger partial charge in [-0.25, -0.2) is 0 Å². The van der Waals surface area contributed by atoms with Gasteiger partial charge in [0.2, 0.25) is 0 Å². The van der Waals surface area contributed by atoms with E-state index in [9.17, 15) is 4.79 Å². The van der Waals surface area contributed by atoms with E-state index >= 15 is 0 Å². The molecule has 1 aliphatic rings. The lowest BCUT2D eigenvalue weighted by atomic mass is 9.82. The summed E-state index contributed by atoms with van der Waals surface area (Å²) in [5.41, 5.74) is 2.63. The summed E-state index contributed by atoms with van der Waals surface area (Å²) < 4.78 is 0. The van der Waals surface area contributed by atoms with Gasteiger partial charge in [-0.2, -0.15) is 0 Å². The summed E-state index contributed by atoms with van der Waals surface area (Å²) in [7, 11) is 0. The molecule has 0 saturated heterocycles. The van der Waals surface area contributed by atoms with Gasteiger partial charge in [0.25, 0.3) is 0 Å². The molecule has 0 aromatic heterocycles. The van der Waals surface area contributed by atoms with Crippen molar-refractivity contribution in [1.82, 2.24) is 0 Å². The third-order valence-corrected chi connectivity index (χ3v) is 4.26. The van der Waals surface area contributed by atoms with Gasteiger partial charge >= 0.3 is 0 Å². The van der Waals surface area contributed by atoms with Gasteiger partial charge in [0.15, 0.2) is 0 Å². The van der Waals surface area contributed by atoms with Gasteiger partial charge in [-0.1, -0.05) is 57.4 Å². The second kappa shape index (κ2) is 6.17. The van der Waals surface area contributed by atoms with Crippen LogP contribution < -0.4 is 0 Å². The molecule has 1 heteroatoms. The lowest BCUT2D eigenvalue weighted by molar-refractivity contribution is -0.109. The van der Waals surface area contributed by atoms with Crippen LogP contribution in [0.1, 0.15) is 68.9 Å². The molecule has 1 atom stereocenters. The number of carbonyl (C=O) groups is 1. The van der Waals surface area contributed by atoms with Crippen LogP contribution in [0.2, 0.25) is 0 Å². The molecule has 0 N–H and O–H groups in total. The number of hydrogen-bond donors (Lipinski definition) is 0. The molecular weight excluding hydrogens is 220 g/mol. The number of rotatable bonds is 4. The fourth-order valence-corrected chi connectivity index (χ4v) is 3.05. The van der Waals surface area contributed by atoms with Crippen molar-refractivity contribution in [2.75, 3.05) is 0 Å². The first-order valence-corrected chi connectivity index (χ1v) is 7.27. The Balaban J connectivity index is 2.11. The van der Waals surface area contributed by atoms with E-state index < -0.39 is 0 Å². The highest BCUT2D eigenvalue weighted by Crippen LogP contribution is 2.33. The van der Waals surface area contributed by atoms with E-state index in [0.717, 1.165) is 12.2 Å². The van der Waals surface area contributed by atoms with Crippen molar-refractivity contribution >= 4 is 6.29 Å². The van der Waals surface area contributed by atoms with Crippen LogP contribution >= 0.6 is 0 Å². The minimum Gasteiger partial charge on any atom is -0.303 e. The van der Waals surface area contributed by atoms with Crippen LogP contribution in [0, 0.1) is 5.92 Å². The van der Waals surface area contributed by atoms with Gasteiger partial charge in [-0.05, 0) is 35.8 Å². The van der Waals surface area contributed by atoms with Crippen molar-refractivity contribution in [1.29, 1.82) is 0 Å². The Kier molecular flexibility index (Phi) is 4.57. The second-order valence-corrected chi connectivity index (χ2v) is 5.91. The minimum atomic E-state index is 0.0467. The zero-order chi connectivity index (χ0) is 13.0. The quantitative estimate of drug-likeness (QED) is 0.703. The lowest BCUT2D eigenvalue weighted by Crippen LogP contribution is -2.09. The van der Waals surface area contributed by atoms with Crippen molar-refractivity contribution < 1.29 is 4.79 Å². The van der Waals surface area contributed by atoms with E-state index in [2.05, 4.69) is 38.1 Å². The minimum absolute atomic E-state index is 0.0467. The molecule has 1 aromatic carbocycles. The van der Waals surface area contributed by atoms with Gasteiger partial charge in [0, 0.05) is 5.92 Å². The van der Waals surface area contributed by atoms with Crippen LogP contribution in [0.5, 0.6) is 0 Å². The molecule has 1 saturated carbocycles. The molecule has 0 bridgehead atoms. The molecular formula is C17H24O. The van der Waals surface area contributed by atoms with Gasteiger partial charge in [-0.15, -0.1) is 0 Å². The summed E-state index contributed by atoms with van der Waals surface area (Å²) in [5, 5.41) is 0. The fourth-order valence-electron chi connectivity index (χ4n) is 3.05. The molecule has 1 fully saturated rings. The Labute approximate surface area is 111 Å². The molecule has 0 spiro atoms. The number of benzene rings is 1. The van der Waals surface area contributed by atoms with Crippen molar-refractivity contribution in [3.05, 3.63) is 35.4 Å². The van der Waals surface area contributed by atoms with Crippen LogP contribution in [0.4, 0.5) is 0 Å². The van der Waals surface area contributed by atoms with Crippen LogP contribution in [0.3, 0.4) is 0 Å². The Bertz CT molecular complexity index is 371. The van der Waals surface area contributed by atoms with E-state index in [1.807, 2.05) is 0 Å². The van der Waals surface area contributed by atoms with Gasteiger partial charge in [0.05, 0.1) is 0 Å².